The van der Waals surface area contributed by atoms with E-state index in [2.05, 4.69) is 4.74 Å². The first kappa shape index (κ1) is 14.7. The number of alkyl halides is 4. The molecule has 0 N–H and O–H groups in total. The molecule has 0 spiro atoms. The molecule has 1 nitrogen and oxygen atoms in total. The van der Waals surface area contributed by atoms with Crippen LogP contribution in [0.1, 0.15) is 5.56 Å². The number of ether oxygens (including phenoxy) is 1. The van der Waals surface area contributed by atoms with Crippen LogP contribution in [-0.2, 0) is 5.88 Å². The third-order valence-electron chi connectivity index (χ3n) is 2.61. The Morgan fingerprint density at radius 1 is 1.05 bits per heavy atom. The first-order chi connectivity index (χ1) is 9.40. The van der Waals surface area contributed by atoms with E-state index in [1.54, 1.807) is 6.07 Å². The zero-order chi connectivity index (χ0) is 14.8. The van der Waals surface area contributed by atoms with E-state index in [1.165, 1.54) is 30.3 Å². The summed E-state index contributed by atoms with van der Waals surface area (Å²) in [5.74, 6) is -0.910. The fourth-order valence-corrected chi connectivity index (χ4v) is 1.97. The molecule has 0 unspecified atom stereocenters. The Kier molecular flexibility index (Phi) is 4.18. The van der Waals surface area contributed by atoms with Gasteiger partial charge in [0.2, 0.25) is 0 Å². The monoisotopic (exact) mass is 304 g/mol. The van der Waals surface area contributed by atoms with Gasteiger partial charge in [-0.2, -0.15) is 0 Å². The second-order valence-corrected chi connectivity index (χ2v) is 4.25. The highest BCUT2D eigenvalue weighted by Crippen LogP contribution is 2.34. The third kappa shape index (κ3) is 3.42. The maximum atomic E-state index is 13.4. The van der Waals surface area contributed by atoms with E-state index >= 15 is 0 Å². The summed E-state index contributed by atoms with van der Waals surface area (Å²) in [6.45, 7) is 0. The predicted octanol–water partition coefficient (Wildman–Crippen LogP) is 5.13. The molecule has 0 amide bonds. The summed E-state index contributed by atoms with van der Waals surface area (Å²) < 4.78 is 54.4. The van der Waals surface area contributed by atoms with E-state index in [-0.39, 0.29) is 22.8 Å². The van der Waals surface area contributed by atoms with Crippen LogP contribution in [0.25, 0.3) is 11.1 Å². The molecule has 0 aliphatic rings. The summed E-state index contributed by atoms with van der Waals surface area (Å²) in [6.07, 6.45) is -4.79. The fourth-order valence-electron chi connectivity index (χ4n) is 1.76. The van der Waals surface area contributed by atoms with Crippen molar-refractivity contribution in [3.63, 3.8) is 0 Å². The standard InChI is InChI=1S/C14H9ClF4O/c15-8-10-7-9(5-6-12(10)16)11-3-1-2-4-13(11)20-14(17,18)19/h1-7H,8H2. The maximum Gasteiger partial charge on any atom is 0.573 e. The lowest BCUT2D eigenvalue weighted by molar-refractivity contribution is -0.274. The minimum absolute atomic E-state index is 0.0675. The zero-order valence-corrected chi connectivity index (χ0v) is 10.8. The summed E-state index contributed by atoms with van der Waals surface area (Å²) in [4.78, 5) is 0. The van der Waals surface area contributed by atoms with E-state index < -0.39 is 12.2 Å². The first-order valence-corrected chi connectivity index (χ1v) is 6.13. The lowest BCUT2D eigenvalue weighted by atomic mass is 10.0. The summed E-state index contributed by atoms with van der Waals surface area (Å²) >= 11 is 5.59. The molecule has 0 saturated heterocycles. The van der Waals surface area contributed by atoms with Gasteiger partial charge in [-0.05, 0) is 23.8 Å². The molecule has 6 heteroatoms. The van der Waals surface area contributed by atoms with Crippen LogP contribution in [0.15, 0.2) is 42.5 Å². The first-order valence-electron chi connectivity index (χ1n) is 5.60. The highest BCUT2D eigenvalue weighted by Gasteiger charge is 2.32. The van der Waals surface area contributed by atoms with E-state index in [0.29, 0.717) is 5.56 Å². The highest BCUT2D eigenvalue weighted by atomic mass is 35.5. The van der Waals surface area contributed by atoms with Crippen molar-refractivity contribution in [2.45, 2.75) is 12.2 Å². The zero-order valence-electron chi connectivity index (χ0n) is 10.0. The Morgan fingerprint density at radius 3 is 2.40 bits per heavy atom. The molecule has 106 valence electrons. The second-order valence-electron chi connectivity index (χ2n) is 3.98. The molecule has 2 aromatic rings. The molecule has 0 aromatic heterocycles. The van der Waals surface area contributed by atoms with Gasteiger partial charge in [-0.25, -0.2) is 4.39 Å². The molecule has 2 aromatic carbocycles. The van der Waals surface area contributed by atoms with Crippen molar-refractivity contribution in [3.05, 3.63) is 53.8 Å². The Labute approximate surface area is 117 Å². The van der Waals surface area contributed by atoms with Crippen LogP contribution in [0.2, 0.25) is 0 Å². The van der Waals surface area contributed by atoms with Crippen molar-refractivity contribution in [2.75, 3.05) is 0 Å². The summed E-state index contributed by atoms with van der Waals surface area (Å²) in [5, 5.41) is 0. The second kappa shape index (κ2) is 5.71. The number of hydrogen-bond donors (Lipinski definition) is 0. The van der Waals surface area contributed by atoms with Crippen molar-refractivity contribution in [1.82, 2.24) is 0 Å². The molecule has 0 atom stereocenters. The van der Waals surface area contributed by atoms with E-state index in [4.69, 9.17) is 11.6 Å². The normalized spacial score (nSPS) is 11.4. The number of para-hydroxylation sites is 1. The van der Waals surface area contributed by atoms with Gasteiger partial charge in [0, 0.05) is 11.1 Å². The van der Waals surface area contributed by atoms with Crippen LogP contribution < -0.4 is 4.74 Å². The van der Waals surface area contributed by atoms with Gasteiger partial charge in [0.25, 0.3) is 0 Å². The largest absolute Gasteiger partial charge is 0.573 e. The predicted molar refractivity (Wildman–Crippen MR) is 68.1 cm³/mol. The molecule has 0 heterocycles. The highest BCUT2D eigenvalue weighted by molar-refractivity contribution is 6.17. The molecule has 0 saturated carbocycles. The Morgan fingerprint density at radius 2 is 1.75 bits per heavy atom. The summed E-state index contributed by atoms with van der Waals surface area (Å²) in [5.41, 5.74) is 0.837. The molecule has 0 radical (unpaired) electrons. The number of rotatable bonds is 3. The van der Waals surface area contributed by atoms with Gasteiger partial charge in [0.15, 0.2) is 0 Å². The van der Waals surface area contributed by atoms with Gasteiger partial charge in [-0.15, -0.1) is 24.8 Å². The Balaban J connectivity index is 2.47. The van der Waals surface area contributed by atoms with Crippen molar-refractivity contribution >= 4 is 11.6 Å². The van der Waals surface area contributed by atoms with Crippen LogP contribution in [-0.4, -0.2) is 6.36 Å². The third-order valence-corrected chi connectivity index (χ3v) is 2.90. The number of halogens is 5. The molecule has 0 fully saturated rings. The maximum absolute atomic E-state index is 13.4. The van der Waals surface area contributed by atoms with Crippen LogP contribution in [0, 0.1) is 5.82 Å². The van der Waals surface area contributed by atoms with Crippen LogP contribution in [0.3, 0.4) is 0 Å². The van der Waals surface area contributed by atoms with Crippen LogP contribution in [0.4, 0.5) is 17.6 Å². The smallest absolute Gasteiger partial charge is 0.405 e. The SMILES string of the molecule is Fc1ccc(-c2ccccc2OC(F)(F)F)cc1CCl. The summed E-state index contributed by atoms with van der Waals surface area (Å²) in [7, 11) is 0. The molecular formula is C14H9ClF4O. The molecule has 20 heavy (non-hydrogen) atoms. The molecule has 0 aliphatic heterocycles. The molecular weight excluding hydrogens is 296 g/mol. The van der Waals surface area contributed by atoms with Crippen molar-refractivity contribution in [3.8, 4) is 16.9 Å². The topological polar surface area (TPSA) is 9.23 Å². The number of benzene rings is 2. The van der Waals surface area contributed by atoms with Crippen LogP contribution >= 0.6 is 11.6 Å². The molecule has 2 rings (SSSR count). The van der Waals surface area contributed by atoms with Gasteiger partial charge >= 0.3 is 6.36 Å². The van der Waals surface area contributed by atoms with E-state index in [1.807, 2.05) is 0 Å². The minimum Gasteiger partial charge on any atom is -0.405 e. The van der Waals surface area contributed by atoms with Gasteiger partial charge in [-0.1, -0.05) is 24.3 Å². The molecule has 0 bridgehead atoms. The Bertz CT molecular complexity index is 610. The van der Waals surface area contributed by atoms with Crippen molar-refractivity contribution < 1.29 is 22.3 Å². The van der Waals surface area contributed by atoms with E-state index in [0.717, 1.165) is 6.07 Å². The lowest BCUT2D eigenvalue weighted by Gasteiger charge is -2.13. The minimum atomic E-state index is -4.79. The quantitative estimate of drug-likeness (QED) is 0.564. The van der Waals surface area contributed by atoms with Gasteiger partial charge in [0.05, 0.1) is 5.88 Å². The van der Waals surface area contributed by atoms with Crippen molar-refractivity contribution in [2.24, 2.45) is 0 Å². The van der Waals surface area contributed by atoms with Gasteiger partial charge in [-0.3, -0.25) is 0 Å². The van der Waals surface area contributed by atoms with Gasteiger partial charge in [0.1, 0.15) is 11.6 Å². The Hall–Kier alpha value is -1.75. The van der Waals surface area contributed by atoms with Crippen molar-refractivity contribution in [1.29, 1.82) is 0 Å². The number of hydrogen-bond acceptors (Lipinski definition) is 1. The van der Waals surface area contributed by atoms with Gasteiger partial charge < -0.3 is 4.74 Å². The fraction of sp³-hybridized carbons (Fsp3) is 0.143. The van der Waals surface area contributed by atoms with Crippen LogP contribution in [0.5, 0.6) is 5.75 Å². The lowest BCUT2D eigenvalue weighted by Crippen LogP contribution is -2.17. The molecule has 0 aliphatic carbocycles. The van der Waals surface area contributed by atoms with E-state index in [9.17, 15) is 17.6 Å². The average Bonchev–Trinajstić information content (AvgIpc) is 2.38. The average molecular weight is 305 g/mol. The summed E-state index contributed by atoms with van der Waals surface area (Å²) in [6, 6.07) is 9.61.